The van der Waals surface area contributed by atoms with Gasteiger partial charge in [-0.25, -0.2) is 4.79 Å². The highest BCUT2D eigenvalue weighted by Gasteiger charge is 2.09. The lowest BCUT2D eigenvalue weighted by Crippen LogP contribution is -2.20. The third kappa shape index (κ3) is 5.03. The Labute approximate surface area is 155 Å². The fourth-order valence-corrected chi connectivity index (χ4v) is 2.80. The number of benzene rings is 1. The van der Waals surface area contributed by atoms with Crippen LogP contribution in [0.15, 0.2) is 28.7 Å². The second-order valence-corrected chi connectivity index (χ2v) is 6.57. The van der Waals surface area contributed by atoms with Crippen molar-refractivity contribution in [1.29, 1.82) is 0 Å². The van der Waals surface area contributed by atoms with Gasteiger partial charge in [-0.15, -0.1) is 0 Å². The number of aryl methyl sites for hydroxylation is 3. The first-order chi connectivity index (χ1) is 11.8. The van der Waals surface area contributed by atoms with Gasteiger partial charge in [-0.1, -0.05) is 15.9 Å². The molecule has 1 aromatic carbocycles. The molecule has 132 valence electrons. The van der Waals surface area contributed by atoms with Crippen LogP contribution in [0.5, 0.6) is 0 Å². The van der Waals surface area contributed by atoms with Gasteiger partial charge < -0.3 is 10.1 Å². The lowest BCUT2D eigenvalue weighted by atomic mass is 10.2. The molecule has 0 bridgehead atoms. The zero-order chi connectivity index (χ0) is 18.6. The van der Waals surface area contributed by atoms with Crippen molar-refractivity contribution >= 4 is 39.6 Å². The van der Waals surface area contributed by atoms with Crippen molar-refractivity contribution in [3.8, 4) is 0 Å². The fourth-order valence-electron chi connectivity index (χ4n) is 2.32. The van der Waals surface area contributed by atoms with Gasteiger partial charge in [0.1, 0.15) is 0 Å². The number of hydrogen-bond donors (Lipinski definition) is 1. The minimum absolute atomic E-state index is 0.344. The van der Waals surface area contributed by atoms with Gasteiger partial charge in [-0.2, -0.15) is 5.10 Å². The fraction of sp³-hybridized carbons (Fsp3) is 0.278. The number of nitrogens with one attached hydrogen (secondary N) is 1. The average Bonchev–Trinajstić information content (AvgIpc) is 2.79. The Morgan fingerprint density at radius 1 is 1.32 bits per heavy atom. The Bertz CT molecular complexity index is 840. The summed E-state index contributed by atoms with van der Waals surface area (Å²) in [4.78, 5) is 23.7. The van der Waals surface area contributed by atoms with Gasteiger partial charge in [0.15, 0.2) is 6.61 Å². The number of aromatic nitrogens is 2. The van der Waals surface area contributed by atoms with Crippen molar-refractivity contribution in [2.24, 2.45) is 7.05 Å². The van der Waals surface area contributed by atoms with Crippen molar-refractivity contribution < 1.29 is 14.3 Å². The predicted molar refractivity (Wildman–Crippen MR) is 100 cm³/mol. The molecule has 0 radical (unpaired) electrons. The minimum Gasteiger partial charge on any atom is -0.452 e. The first kappa shape index (κ1) is 18.9. The Balaban J connectivity index is 1.89. The first-order valence-corrected chi connectivity index (χ1v) is 8.48. The second-order valence-electron chi connectivity index (χ2n) is 5.66. The number of amides is 1. The van der Waals surface area contributed by atoms with E-state index in [0.29, 0.717) is 5.69 Å². The SMILES string of the molecule is Cc1cc(Br)ccc1NC(=O)COC(=O)/C=C/c1c(C)nn(C)c1C. The molecular formula is C18H20BrN3O3. The van der Waals surface area contributed by atoms with Crippen LogP contribution < -0.4 is 5.32 Å². The summed E-state index contributed by atoms with van der Waals surface area (Å²) in [6.45, 7) is 5.32. The van der Waals surface area contributed by atoms with E-state index >= 15 is 0 Å². The second kappa shape index (κ2) is 8.11. The zero-order valence-electron chi connectivity index (χ0n) is 14.6. The van der Waals surface area contributed by atoms with Crippen LogP contribution in [0.25, 0.3) is 6.08 Å². The van der Waals surface area contributed by atoms with E-state index in [1.807, 2.05) is 40.0 Å². The molecule has 0 fully saturated rings. The number of carbonyl (C=O) groups excluding carboxylic acids is 2. The monoisotopic (exact) mass is 405 g/mol. The Hall–Kier alpha value is -2.41. The van der Waals surface area contributed by atoms with Crippen LogP contribution in [-0.2, 0) is 21.4 Å². The first-order valence-electron chi connectivity index (χ1n) is 7.69. The summed E-state index contributed by atoms with van der Waals surface area (Å²) >= 11 is 3.36. The van der Waals surface area contributed by atoms with Crippen LogP contribution >= 0.6 is 15.9 Å². The number of esters is 1. The molecule has 25 heavy (non-hydrogen) atoms. The number of hydrogen-bond acceptors (Lipinski definition) is 4. The molecule has 1 amide bonds. The number of halogens is 1. The lowest BCUT2D eigenvalue weighted by Gasteiger charge is -2.08. The molecule has 7 heteroatoms. The smallest absolute Gasteiger partial charge is 0.331 e. The molecule has 6 nitrogen and oxygen atoms in total. The van der Waals surface area contributed by atoms with Gasteiger partial charge in [0.25, 0.3) is 5.91 Å². The Morgan fingerprint density at radius 2 is 2.04 bits per heavy atom. The molecule has 2 aromatic rings. The summed E-state index contributed by atoms with van der Waals surface area (Å²) in [7, 11) is 1.84. The van der Waals surface area contributed by atoms with Gasteiger partial charge in [-0.3, -0.25) is 9.48 Å². The average molecular weight is 406 g/mol. The number of rotatable bonds is 5. The lowest BCUT2D eigenvalue weighted by molar-refractivity contribution is -0.142. The highest BCUT2D eigenvalue weighted by Crippen LogP contribution is 2.20. The topological polar surface area (TPSA) is 73.2 Å². The normalized spacial score (nSPS) is 10.9. The standard InChI is InChI=1S/C18H20BrN3O3/c1-11-9-14(19)5-7-16(11)20-17(23)10-25-18(24)8-6-15-12(2)21-22(4)13(15)3/h5-9H,10H2,1-4H3,(H,20,23)/b8-6+. The summed E-state index contributed by atoms with van der Waals surface area (Å²) in [5.74, 6) is -0.966. The summed E-state index contributed by atoms with van der Waals surface area (Å²) < 4.78 is 7.65. The molecule has 1 aromatic heterocycles. The van der Waals surface area contributed by atoms with Crippen LogP contribution in [0.1, 0.15) is 22.5 Å². The summed E-state index contributed by atoms with van der Waals surface area (Å²) in [6, 6.07) is 5.51. The number of anilines is 1. The van der Waals surface area contributed by atoms with Crippen LogP contribution in [0.3, 0.4) is 0 Å². The third-order valence-electron chi connectivity index (χ3n) is 3.76. The molecule has 0 aliphatic rings. The molecule has 1 heterocycles. The van der Waals surface area contributed by atoms with E-state index in [0.717, 1.165) is 27.0 Å². The van der Waals surface area contributed by atoms with Gasteiger partial charge in [0, 0.05) is 34.5 Å². The van der Waals surface area contributed by atoms with Crippen LogP contribution in [0, 0.1) is 20.8 Å². The Morgan fingerprint density at radius 3 is 2.64 bits per heavy atom. The molecule has 0 spiro atoms. The number of ether oxygens (including phenoxy) is 1. The van der Waals surface area contributed by atoms with Crippen molar-refractivity contribution in [3.63, 3.8) is 0 Å². The van der Waals surface area contributed by atoms with E-state index in [-0.39, 0.29) is 12.5 Å². The van der Waals surface area contributed by atoms with Crippen LogP contribution in [0.4, 0.5) is 5.69 Å². The number of nitrogens with zero attached hydrogens (tertiary/aromatic N) is 2. The molecule has 0 aliphatic heterocycles. The quantitative estimate of drug-likeness (QED) is 0.611. The Kier molecular flexibility index (Phi) is 6.14. The summed E-state index contributed by atoms with van der Waals surface area (Å²) in [5.41, 5.74) is 4.24. The molecule has 0 aliphatic carbocycles. The predicted octanol–water partition coefficient (Wildman–Crippen LogP) is 3.30. The van der Waals surface area contributed by atoms with Crippen molar-refractivity contribution in [1.82, 2.24) is 9.78 Å². The molecule has 2 rings (SSSR count). The van der Waals surface area contributed by atoms with E-state index < -0.39 is 5.97 Å². The molecule has 0 saturated heterocycles. The van der Waals surface area contributed by atoms with Crippen LogP contribution in [0.2, 0.25) is 0 Å². The molecule has 0 atom stereocenters. The molecule has 1 N–H and O–H groups in total. The van der Waals surface area contributed by atoms with Crippen molar-refractivity contribution in [2.45, 2.75) is 20.8 Å². The van der Waals surface area contributed by atoms with Crippen molar-refractivity contribution in [3.05, 3.63) is 51.3 Å². The summed E-state index contributed by atoms with van der Waals surface area (Å²) in [5, 5.41) is 6.98. The molecule has 0 unspecified atom stereocenters. The van der Waals surface area contributed by atoms with Crippen LogP contribution in [-0.4, -0.2) is 28.3 Å². The molecule has 0 saturated carbocycles. The minimum atomic E-state index is -0.578. The van der Waals surface area contributed by atoms with Gasteiger partial charge in [0.2, 0.25) is 0 Å². The van der Waals surface area contributed by atoms with E-state index in [1.54, 1.807) is 16.8 Å². The van der Waals surface area contributed by atoms with E-state index in [4.69, 9.17) is 4.74 Å². The molecular weight excluding hydrogens is 386 g/mol. The van der Waals surface area contributed by atoms with Gasteiger partial charge >= 0.3 is 5.97 Å². The van der Waals surface area contributed by atoms with Gasteiger partial charge in [-0.05, 0) is 50.6 Å². The van der Waals surface area contributed by atoms with E-state index in [2.05, 4.69) is 26.3 Å². The summed E-state index contributed by atoms with van der Waals surface area (Å²) in [6.07, 6.45) is 2.95. The zero-order valence-corrected chi connectivity index (χ0v) is 16.2. The highest BCUT2D eigenvalue weighted by molar-refractivity contribution is 9.10. The van der Waals surface area contributed by atoms with Gasteiger partial charge in [0.05, 0.1) is 5.69 Å². The van der Waals surface area contributed by atoms with E-state index in [1.165, 1.54) is 6.08 Å². The third-order valence-corrected chi connectivity index (χ3v) is 4.25. The maximum atomic E-state index is 11.9. The highest BCUT2D eigenvalue weighted by atomic mass is 79.9. The number of carbonyl (C=O) groups is 2. The maximum Gasteiger partial charge on any atom is 0.331 e. The largest absolute Gasteiger partial charge is 0.452 e. The van der Waals surface area contributed by atoms with E-state index in [9.17, 15) is 9.59 Å². The maximum absolute atomic E-state index is 11.9. The van der Waals surface area contributed by atoms with Crippen molar-refractivity contribution in [2.75, 3.05) is 11.9 Å².